The van der Waals surface area contributed by atoms with Crippen LogP contribution in [0.4, 0.5) is 0 Å². The molecule has 1 saturated carbocycles. The number of fused-ring (bicyclic) bond motifs is 1. The summed E-state index contributed by atoms with van der Waals surface area (Å²) in [5, 5.41) is 0.808. The molecule has 1 aromatic heterocycles. The van der Waals surface area contributed by atoms with E-state index in [4.69, 9.17) is 16.6 Å². The van der Waals surface area contributed by atoms with Crippen LogP contribution in [0.2, 0.25) is 5.02 Å². The van der Waals surface area contributed by atoms with Gasteiger partial charge in [0.2, 0.25) is 0 Å². The van der Waals surface area contributed by atoms with E-state index in [0.717, 1.165) is 33.9 Å². The molecule has 0 bridgehead atoms. The molecule has 6 heteroatoms. The topological polar surface area (TPSA) is 21.1 Å². The highest BCUT2D eigenvalue weighted by Gasteiger charge is 2.50. The quantitative estimate of drug-likeness (QED) is 0.735. The molecule has 3 nitrogen and oxygen atoms in total. The van der Waals surface area contributed by atoms with Crippen LogP contribution in [0.25, 0.3) is 0 Å². The smallest absolute Gasteiger partial charge is 0.125 e. The number of likely N-dealkylation sites (N-methyl/N-ethyl adjacent to an activating group) is 1. The number of halogens is 2. The summed E-state index contributed by atoms with van der Waals surface area (Å²) in [4.78, 5) is 8.51. The Balaban J connectivity index is 1.69. The van der Waals surface area contributed by atoms with E-state index in [1.807, 2.05) is 23.9 Å². The van der Waals surface area contributed by atoms with E-state index >= 15 is 0 Å². The Morgan fingerprint density at radius 2 is 2.09 bits per heavy atom. The van der Waals surface area contributed by atoms with Crippen LogP contribution >= 0.6 is 39.3 Å². The second kappa shape index (κ2) is 5.80. The molecule has 0 saturated heterocycles. The minimum Gasteiger partial charge on any atom is -0.334 e. The minimum absolute atomic E-state index is 0.0924. The highest BCUT2D eigenvalue weighted by molar-refractivity contribution is 9.10. The fraction of sp³-hybridized carbons (Fsp3) is 0.471. The first-order valence-electron chi connectivity index (χ1n) is 7.87. The Hall–Kier alpha value is -0.490. The van der Waals surface area contributed by atoms with Crippen molar-refractivity contribution in [2.45, 2.75) is 35.4 Å². The van der Waals surface area contributed by atoms with Crippen molar-refractivity contribution in [3.05, 3.63) is 44.9 Å². The fourth-order valence-electron chi connectivity index (χ4n) is 3.32. The summed E-state index contributed by atoms with van der Waals surface area (Å²) in [7, 11) is 4.34. The lowest BCUT2D eigenvalue weighted by Gasteiger charge is -2.22. The van der Waals surface area contributed by atoms with Gasteiger partial charge in [0.05, 0.1) is 15.5 Å². The van der Waals surface area contributed by atoms with Crippen LogP contribution in [0.15, 0.2) is 27.6 Å². The highest BCUT2D eigenvalue weighted by Crippen LogP contribution is 2.60. The molecular weight excluding hydrogens is 394 g/mol. The maximum Gasteiger partial charge on any atom is 0.125 e. The van der Waals surface area contributed by atoms with Gasteiger partial charge in [-0.3, -0.25) is 0 Å². The number of aromatic nitrogens is 2. The lowest BCUT2D eigenvalue weighted by atomic mass is 10.1. The van der Waals surface area contributed by atoms with E-state index in [0.29, 0.717) is 0 Å². The molecule has 0 spiro atoms. The summed E-state index contributed by atoms with van der Waals surface area (Å²) in [6.07, 6.45) is 3.42. The summed E-state index contributed by atoms with van der Waals surface area (Å²) in [6, 6.07) is 6.14. The van der Waals surface area contributed by atoms with Gasteiger partial charge in [0.25, 0.3) is 0 Å². The third-order valence-electron chi connectivity index (χ3n) is 4.78. The van der Waals surface area contributed by atoms with Crippen molar-refractivity contribution in [1.29, 1.82) is 0 Å². The van der Waals surface area contributed by atoms with Gasteiger partial charge in [0.15, 0.2) is 0 Å². The third-order valence-corrected chi connectivity index (χ3v) is 7.73. The Morgan fingerprint density at radius 1 is 1.30 bits per heavy atom. The van der Waals surface area contributed by atoms with Crippen molar-refractivity contribution in [3.63, 3.8) is 0 Å². The van der Waals surface area contributed by atoms with Gasteiger partial charge in [0, 0.05) is 41.6 Å². The van der Waals surface area contributed by atoms with Gasteiger partial charge in [0.1, 0.15) is 5.82 Å². The van der Waals surface area contributed by atoms with Crippen LogP contribution in [0.5, 0.6) is 0 Å². The van der Waals surface area contributed by atoms with Crippen LogP contribution < -0.4 is 0 Å². The Labute approximate surface area is 154 Å². The van der Waals surface area contributed by atoms with E-state index < -0.39 is 0 Å². The molecule has 1 aromatic carbocycles. The molecule has 1 fully saturated rings. The summed E-state index contributed by atoms with van der Waals surface area (Å²) < 4.78 is 3.39. The SMILES string of the molecule is CN1CCc2c(nc(C3(Sc4cccc(Br)c4Cl)CC3)n2C)C1. The van der Waals surface area contributed by atoms with Crippen molar-refractivity contribution in [2.24, 2.45) is 7.05 Å². The number of benzene rings is 1. The van der Waals surface area contributed by atoms with Gasteiger partial charge in [-0.25, -0.2) is 4.98 Å². The second-order valence-corrected chi connectivity index (χ2v) is 9.18. The molecule has 1 aliphatic heterocycles. The summed E-state index contributed by atoms with van der Waals surface area (Å²) in [5.41, 5.74) is 2.66. The van der Waals surface area contributed by atoms with Gasteiger partial charge in [-0.05, 0) is 48.0 Å². The number of imidazole rings is 1. The first kappa shape index (κ1) is 16.0. The molecule has 1 aliphatic carbocycles. The van der Waals surface area contributed by atoms with Crippen LogP contribution in [-0.4, -0.2) is 28.0 Å². The molecule has 2 aromatic rings. The molecule has 2 heterocycles. The molecule has 0 unspecified atom stereocenters. The average Bonchev–Trinajstić information content (AvgIpc) is 3.22. The van der Waals surface area contributed by atoms with Gasteiger partial charge in [-0.1, -0.05) is 17.7 Å². The Bertz CT molecular complexity index is 769. The van der Waals surface area contributed by atoms with Crippen molar-refractivity contribution in [2.75, 3.05) is 13.6 Å². The van der Waals surface area contributed by atoms with E-state index in [2.05, 4.69) is 45.6 Å². The van der Waals surface area contributed by atoms with Crippen molar-refractivity contribution in [3.8, 4) is 0 Å². The first-order valence-corrected chi connectivity index (χ1v) is 9.85. The van der Waals surface area contributed by atoms with E-state index in [1.54, 1.807) is 0 Å². The van der Waals surface area contributed by atoms with Gasteiger partial charge >= 0.3 is 0 Å². The minimum atomic E-state index is 0.0924. The third kappa shape index (κ3) is 2.76. The average molecular weight is 413 g/mol. The molecule has 4 rings (SSSR count). The first-order chi connectivity index (χ1) is 11.0. The summed E-state index contributed by atoms with van der Waals surface area (Å²) in [6.45, 7) is 2.07. The number of rotatable bonds is 3. The summed E-state index contributed by atoms with van der Waals surface area (Å²) >= 11 is 11.9. The highest BCUT2D eigenvalue weighted by atomic mass is 79.9. The van der Waals surface area contributed by atoms with Crippen LogP contribution in [-0.2, 0) is 24.8 Å². The zero-order valence-corrected chi connectivity index (χ0v) is 16.4. The van der Waals surface area contributed by atoms with E-state index in [-0.39, 0.29) is 4.75 Å². The zero-order chi connectivity index (χ0) is 16.2. The van der Waals surface area contributed by atoms with Crippen LogP contribution in [0.3, 0.4) is 0 Å². The van der Waals surface area contributed by atoms with E-state index in [9.17, 15) is 0 Å². The maximum atomic E-state index is 6.47. The largest absolute Gasteiger partial charge is 0.334 e. The van der Waals surface area contributed by atoms with Crippen molar-refractivity contribution < 1.29 is 0 Å². The Kier molecular flexibility index (Phi) is 4.03. The van der Waals surface area contributed by atoms with E-state index in [1.165, 1.54) is 30.1 Å². The fourth-order valence-corrected chi connectivity index (χ4v) is 5.41. The van der Waals surface area contributed by atoms with Gasteiger partial charge < -0.3 is 9.47 Å². The molecule has 0 radical (unpaired) electrons. The summed E-state index contributed by atoms with van der Waals surface area (Å²) in [5.74, 6) is 1.22. The number of nitrogens with zero attached hydrogens (tertiary/aromatic N) is 3. The predicted molar refractivity (Wildman–Crippen MR) is 99.2 cm³/mol. The second-order valence-electron chi connectivity index (χ2n) is 6.52. The molecule has 122 valence electrons. The Morgan fingerprint density at radius 3 is 2.83 bits per heavy atom. The standard InChI is InChI=1S/C17H19BrClN3S/c1-21-9-6-13-12(10-21)20-16(22(13)2)17(7-8-17)23-14-5-3-4-11(18)15(14)19/h3-5H,6-10H2,1-2H3. The van der Waals surface area contributed by atoms with Crippen molar-refractivity contribution >= 4 is 39.3 Å². The number of hydrogen-bond acceptors (Lipinski definition) is 3. The molecule has 0 atom stereocenters. The molecule has 2 aliphatic rings. The zero-order valence-electron chi connectivity index (χ0n) is 13.3. The molecule has 23 heavy (non-hydrogen) atoms. The molecule has 0 N–H and O–H groups in total. The normalized spacial score (nSPS) is 19.7. The van der Waals surface area contributed by atoms with Crippen LogP contribution in [0, 0.1) is 0 Å². The number of thioether (sulfide) groups is 1. The molecule has 0 amide bonds. The van der Waals surface area contributed by atoms with Gasteiger partial charge in [-0.2, -0.15) is 0 Å². The van der Waals surface area contributed by atoms with Crippen molar-refractivity contribution in [1.82, 2.24) is 14.5 Å². The lowest BCUT2D eigenvalue weighted by molar-refractivity contribution is 0.305. The predicted octanol–water partition coefficient (Wildman–Crippen LogP) is 4.61. The monoisotopic (exact) mass is 411 g/mol. The van der Waals surface area contributed by atoms with Gasteiger partial charge in [-0.15, -0.1) is 11.8 Å². The number of hydrogen-bond donors (Lipinski definition) is 0. The molecular formula is C17H19BrClN3S. The maximum absolute atomic E-state index is 6.47. The van der Waals surface area contributed by atoms with Crippen LogP contribution in [0.1, 0.15) is 30.1 Å². The lowest BCUT2D eigenvalue weighted by Crippen LogP contribution is -2.27.